The molecule has 2 amide bonds. The summed E-state index contributed by atoms with van der Waals surface area (Å²) in [5.74, 6) is 0.0148. The Labute approximate surface area is 148 Å². The Morgan fingerprint density at radius 3 is 2.40 bits per heavy atom. The molecule has 0 radical (unpaired) electrons. The van der Waals surface area contributed by atoms with Gasteiger partial charge in [0.15, 0.2) is 0 Å². The molecule has 2 aromatic carbocycles. The van der Waals surface area contributed by atoms with Crippen LogP contribution in [-0.2, 0) is 11.2 Å². The monoisotopic (exact) mass is 336 g/mol. The second-order valence-electron chi connectivity index (χ2n) is 6.45. The first-order chi connectivity index (χ1) is 12.2. The Hall–Kier alpha value is -2.62. The number of hydrogen-bond acceptors (Lipinski definition) is 2. The van der Waals surface area contributed by atoms with E-state index in [1.54, 1.807) is 17.0 Å². The van der Waals surface area contributed by atoms with Crippen LogP contribution in [0.5, 0.6) is 0 Å². The Balaban J connectivity index is 1.62. The number of amides is 2. The zero-order chi connectivity index (χ0) is 17.6. The van der Waals surface area contributed by atoms with E-state index in [2.05, 4.69) is 24.4 Å². The molecule has 1 N–H and O–H groups in total. The third kappa shape index (κ3) is 4.27. The van der Waals surface area contributed by atoms with Crippen molar-refractivity contribution in [2.45, 2.75) is 39.0 Å². The molecule has 3 rings (SSSR count). The first-order valence-electron chi connectivity index (χ1n) is 8.98. The van der Waals surface area contributed by atoms with Crippen molar-refractivity contribution in [2.24, 2.45) is 0 Å². The molecule has 0 aliphatic carbocycles. The zero-order valence-corrected chi connectivity index (χ0v) is 14.6. The summed E-state index contributed by atoms with van der Waals surface area (Å²) in [6.07, 6.45) is 4.93. The van der Waals surface area contributed by atoms with E-state index in [4.69, 9.17) is 0 Å². The van der Waals surface area contributed by atoms with Gasteiger partial charge in [-0.05, 0) is 61.2 Å². The predicted octanol–water partition coefficient (Wildman–Crippen LogP) is 4.41. The molecule has 1 heterocycles. The van der Waals surface area contributed by atoms with Crippen LogP contribution in [0.3, 0.4) is 0 Å². The molecule has 4 nitrogen and oxygen atoms in total. The lowest BCUT2D eigenvalue weighted by molar-refractivity contribution is -0.117. The van der Waals surface area contributed by atoms with Gasteiger partial charge in [0.05, 0.1) is 0 Å². The SMILES string of the molecule is CCCCc1ccc(NC(=O)c2ccc(N3CCCC3=O)cc2)cc1. The fourth-order valence-electron chi connectivity index (χ4n) is 3.05. The lowest BCUT2D eigenvalue weighted by atomic mass is 10.1. The summed E-state index contributed by atoms with van der Waals surface area (Å²) in [6, 6.07) is 15.2. The molecule has 130 valence electrons. The average molecular weight is 336 g/mol. The number of nitrogens with one attached hydrogen (secondary N) is 1. The molecule has 0 bridgehead atoms. The van der Waals surface area contributed by atoms with Crippen LogP contribution in [-0.4, -0.2) is 18.4 Å². The molecule has 0 spiro atoms. The van der Waals surface area contributed by atoms with Gasteiger partial charge in [0, 0.05) is 29.9 Å². The first kappa shape index (κ1) is 17.2. The van der Waals surface area contributed by atoms with Crippen molar-refractivity contribution in [3.8, 4) is 0 Å². The number of unbranched alkanes of at least 4 members (excludes halogenated alkanes) is 1. The van der Waals surface area contributed by atoms with Gasteiger partial charge < -0.3 is 10.2 Å². The topological polar surface area (TPSA) is 49.4 Å². The van der Waals surface area contributed by atoms with Gasteiger partial charge in [0.25, 0.3) is 5.91 Å². The highest BCUT2D eigenvalue weighted by molar-refractivity contribution is 6.04. The van der Waals surface area contributed by atoms with Crippen LogP contribution in [0.2, 0.25) is 0 Å². The first-order valence-corrected chi connectivity index (χ1v) is 8.98. The molecule has 1 fully saturated rings. The van der Waals surface area contributed by atoms with E-state index < -0.39 is 0 Å². The maximum Gasteiger partial charge on any atom is 0.255 e. The fraction of sp³-hybridized carbons (Fsp3) is 0.333. The van der Waals surface area contributed by atoms with Crippen LogP contribution in [0.15, 0.2) is 48.5 Å². The zero-order valence-electron chi connectivity index (χ0n) is 14.6. The molecule has 4 heteroatoms. The number of anilines is 2. The molecule has 25 heavy (non-hydrogen) atoms. The molecule has 1 saturated heterocycles. The summed E-state index contributed by atoms with van der Waals surface area (Å²) in [4.78, 5) is 25.9. The van der Waals surface area contributed by atoms with Crippen LogP contribution >= 0.6 is 0 Å². The number of hydrogen-bond donors (Lipinski definition) is 1. The van der Waals surface area contributed by atoms with Crippen molar-refractivity contribution in [3.63, 3.8) is 0 Å². The largest absolute Gasteiger partial charge is 0.322 e. The van der Waals surface area contributed by atoms with E-state index in [-0.39, 0.29) is 11.8 Å². The highest BCUT2D eigenvalue weighted by Crippen LogP contribution is 2.22. The molecule has 0 atom stereocenters. The van der Waals surface area contributed by atoms with E-state index in [9.17, 15) is 9.59 Å². The van der Waals surface area contributed by atoms with E-state index in [0.29, 0.717) is 12.0 Å². The third-order valence-electron chi connectivity index (χ3n) is 4.55. The van der Waals surface area contributed by atoms with Crippen LogP contribution in [0.1, 0.15) is 48.5 Å². The highest BCUT2D eigenvalue weighted by Gasteiger charge is 2.21. The Bertz CT molecular complexity index is 735. The lowest BCUT2D eigenvalue weighted by Crippen LogP contribution is -2.23. The van der Waals surface area contributed by atoms with Gasteiger partial charge in [-0.25, -0.2) is 0 Å². The van der Waals surface area contributed by atoms with Gasteiger partial charge >= 0.3 is 0 Å². The number of aryl methyl sites for hydroxylation is 1. The Morgan fingerprint density at radius 1 is 1.08 bits per heavy atom. The van der Waals surface area contributed by atoms with Crippen LogP contribution in [0.25, 0.3) is 0 Å². The van der Waals surface area contributed by atoms with Crippen LogP contribution in [0, 0.1) is 0 Å². The van der Waals surface area contributed by atoms with Crippen molar-refractivity contribution in [3.05, 3.63) is 59.7 Å². The van der Waals surface area contributed by atoms with Gasteiger partial charge in [-0.3, -0.25) is 9.59 Å². The summed E-state index contributed by atoms with van der Waals surface area (Å²) in [7, 11) is 0. The second-order valence-corrected chi connectivity index (χ2v) is 6.45. The quantitative estimate of drug-likeness (QED) is 0.849. The van der Waals surface area contributed by atoms with Gasteiger partial charge in [-0.1, -0.05) is 25.5 Å². The van der Waals surface area contributed by atoms with Crippen molar-refractivity contribution in [1.82, 2.24) is 0 Å². The molecule has 0 aromatic heterocycles. The summed E-state index contributed by atoms with van der Waals surface area (Å²) >= 11 is 0. The summed E-state index contributed by atoms with van der Waals surface area (Å²) in [5.41, 5.74) is 3.54. The minimum atomic E-state index is -0.138. The van der Waals surface area contributed by atoms with Crippen molar-refractivity contribution >= 4 is 23.2 Å². The average Bonchev–Trinajstić information content (AvgIpc) is 3.07. The van der Waals surface area contributed by atoms with Crippen molar-refractivity contribution in [2.75, 3.05) is 16.8 Å². The lowest BCUT2D eigenvalue weighted by Gasteiger charge is -2.15. The molecule has 0 saturated carbocycles. The molecular formula is C21H24N2O2. The minimum absolute atomic E-state index is 0.138. The van der Waals surface area contributed by atoms with Gasteiger partial charge in [0.1, 0.15) is 0 Å². The third-order valence-corrected chi connectivity index (χ3v) is 4.55. The normalized spacial score (nSPS) is 14.0. The predicted molar refractivity (Wildman–Crippen MR) is 101 cm³/mol. The number of carbonyl (C=O) groups is 2. The molecule has 1 aliphatic rings. The smallest absolute Gasteiger partial charge is 0.255 e. The number of rotatable bonds is 6. The highest BCUT2D eigenvalue weighted by atomic mass is 16.2. The van der Waals surface area contributed by atoms with Crippen molar-refractivity contribution < 1.29 is 9.59 Å². The summed E-state index contributed by atoms with van der Waals surface area (Å²) < 4.78 is 0. The fourth-order valence-corrected chi connectivity index (χ4v) is 3.05. The van der Waals surface area contributed by atoms with Crippen LogP contribution in [0.4, 0.5) is 11.4 Å². The van der Waals surface area contributed by atoms with E-state index in [1.807, 2.05) is 24.3 Å². The second kappa shape index (κ2) is 7.97. The summed E-state index contributed by atoms with van der Waals surface area (Å²) in [6.45, 7) is 2.94. The van der Waals surface area contributed by atoms with Gasteiger partial charge in [-0.15, -0.1) is 0 Å². The molecule has 0 unspecified atom stereocenters. The number of nitrogens with zero attached hydrogens (tertiary/aromatic N) is 1. The molecule has 1 aliphatic heterocycles. The molecular weight excluding hydrogens is 312 g/mol. The van der Waals surface area contributed by atoms with Crippen molar-refractivity contribution in [1.29, 1.82) is 0 Å². The maximum absolute atomic E-state index is 12.4. The Morgan fingerprint density at radius 2 is 1.80 bits per heavy atom. The summed E-state index contributed by atoms with van der Waals surface area (Å²) in [5, 5.41) is 2.92. The van der Waals surface area contributed by atoms with E-state index in [0.717, 1.165) is 30.8 Å². The number of carbonyl (C=O) groups excluding carboxylic acids is 2. The van der Waals surface area contributed by atoms with Gasteiger partial charge in [0.2, 0.25) is 5.91 Å². The number of benzene rings is 2. The van der Waals surface area contributed by atoms with Crippen LogP contribution < -0.4 is 10.2 Å². The standard InChI is InChI=1S/C21H24N2O2/c1-2-3-5-16-7-11-18(12-8-16)22-21(25)17-9-13-19(14-10-17)23-15-4-6-20(23)24/h7-14H,2-6,15H2,1H3,(H,22,25). The van der Waals surface area contributed by atoms with E-state index in [1.165, 1.54) is 18.4 Å². The Kier molecular flexibility index (Phi) is 5.49. The molecule has 2 aromatic rings. The maximum atomic E-state index is 12.4. The van der Waals surface area contributed by atoms with E-state index >= 15 is 0 Å². The minimum Gasteiger partial charge on any atom is -0.322 e. The van der Waals surface area contributed by atoms with Gasteiger partial charge in [-0.2, -0.15) is 0 Å².